The highest BCUT2D eigenvalue weighted by Crippen LogP contribution is 2.37. The van der Waals surface area contributed by atoms with E-state index in [1.165, 1.54) is 12.1 Å². The summed E-state index contributed by atoms with van der Waals surface area (Å²) in [5, 5.41) is 5.08. The average molecular weight is 480 g/mol. The molecule has 1 saturated heterocycles. The van der Waals surface area contributed by atoms with Crippen molar-refractivity contribution in [1.29, 1.82) is 0 Å². The molecule has 1 unspecified atom stereocenters. The summed E-state index contributed by atoms with van der Waals surface area (Å²) < 4.78 is 48.1. The maximum Gasteiger partial charge on any atom is 0.417 e. The van der Waals surface area contributed by atoms with E-state index < -0.39 is 11.7 Å². The van der Waals surface area contributed by atoms with E-state index in [0.717, 1.165) is 17.4 Å². The van der Waals surface area contributed by atoms with Crippen LogP contribution in [0.3, 0.4) is 0 Å². The van der Waals surface area contributed by atoms with E-state index in [0.29, 0.717) is 29.5 Å². The second-order valence-electron chi connectivity index (χ2n) is 8.12. The van der Waals surface area contributed by atoms with Gasteiger partial charge in [-0.25, -0.2) is 15.4 Å². The number of benzene rings is 1. The topological polar surface area (TPSA) is 67.2 Å². The van der Waals surface area contributed by atoms with E-state index in [4.69, 9.17) is 4.74 Å². The van der Waals surface area contributed by atoms with Crippen LogP contribution in [0.4, 0.5) is 13.2 Å². The first-order valence-electron chi connectivity index (χ1n) is 11.0. The largest absolute Gasteiger partial charge is 0.479 e. The van der Waals surface area contributed by atoms with Gasteiger partial charge in [0.25, 0.3) is 0 Å². The summed E-state index contributed by atoms with van der Waals surface area (Å²) in [6.45, 7) is 2.43. The number of nitrogens with zero attached hydrogens (tertiary/aromatic N) is 4. The van der Waals surface area contributed by atoms with Crippen molar-refractivity contribution < 1.29 is 17.9 Å². The lowest BCUT2D eigenvalue weighted by Gasteiger charge is -2.24. The van der Waals surface area contributed by atoms with Crippen molar-refractivity contribution in [3.63, 3.8) is 0 Å². The molecule has 180 valence electrons. The SMILES string of the molecule is COc1nc(C=CC2NC3=C(c4ccccc4C(F)(F)F)C=CCN3N2)ccc1-n1cnc(C)c1. The van der Waals surface area contributed by atoms with Gasteiger partial charge >= 0.3 is 6.18 Å². The van der Waals surface area contributed by atoms with Crippen molar-refractivity contribution in [2.45, 2.75) is 19.3 Å². The number of aryl methyl sites for hydroxylation is 1. The smallest absolute Gasteiger partial charge is 0.417 e. The lowest BCUT2D eigenvalue weighted by Crippen LogP contribution is -2.35. The zero-order valence-electron chi connectivity index (χ0n) is 19.0. The summed E-state index contributed by atoms with van der Waals surface area (Å²) in [6, 6.07) is 9.35. The third-order valence-corrected chi connectivity index (χ3v) is 5.71. The van der Waals surface area contributed by atoms with Gasteiger partial charge in [0.2, 0.25) is 5.88 Å². The number of imidazole rings is 1. The Morgan fingerprint density at radius 3 is 2.74 bits per heavy atom. The maximum absolute atomic E-state index is 13.6. The maximum atomic E-state index is 13.6. The molecule has 7 nitrogen and oxygen atoms in total. The fourth-order valence-electron chi connectivity index (χ4n) is 4.12. The van der Waals surface area contributed by atoms with Crippen LogP contribution in [0, 0.1) is 6.92 Å². The summed E-state index contributed by atoms with van der Waals surface area (Å²) in [7, 11) is 1.56. The second-order valence-corrected chi connectivity index (χ2v) is 8.12. The summed E-state index contributed by atoms with van der Waals surface area (Å²) in [4.78, 5) is 8.79. The third-order valence-electron chi connectivity index (χ3n) is 5.71. The zero-order chi connectivity index (χ0) is 24.6. The Kier molecular flexibility index (Phi) is 5.81. The number of pyridine rings is 1. The van der Waals surface area contributed by atoms with E-state index in [1.807, 2.05) is 48.0 Å². The molecule has 4 heterocycles. The van der Waals surface area contributed by atoms with Crippen LogP contribution >= 0.6 is 0 Å². The number of allylic oxidation sites excluding steroid dienone is 2. The first-order valence-corrected chi connectivity index (χ1v) is 11.0. The van der Waals surface area contributed by atoms with Crippen LogP contribution in [-0.2, 0) is 6.18 Å². The van der Waals surface area contributed by atoms with E-state index in [-0.39, 0.29) is 11.7 Å². The van der Waals surface area contributed by atoms with Crippen molar-refractivity contribution in [2.24, 2.45) is 0 Å². The molecule has 0 saturated carbocycles. The molecule has 10 heteroatoms. The zero-order valence-corrected chi connectivity index (χ0v) is 19.0. The van der Waals surface area contributed by atoms with Crippen LogP contribution in [0.15, 0.2) is 73.0 Å². The van der Waals surface area contributed by atoms with Crippen LogP contribution < -0.4 is 15.5 Å². The Hall–Kier alpha value is -4.05. The van der Waals surface area contributed by atoms with Crippen LogP contribution in [0.2, 0.25) is 0 Å². The Morgan fingerprint density at radius 1 is 1.17 bits per heavy atom. The van der Waals surface area contributed by atoms with Crippen LogP contribution in [0.5, 0.6) is 5.88 Å². The van der Waals surface area contributed by atoms with Crippen molar-refractivity contribution in [3.05, 3.63) is 95.5 Å². The predicted molar refractivity (Wildman–Crippen MR) is 126 cm³/mol. The molecule has 0 aliphatic carbocycles. The van der Waals surface area contributed by atoms with Crippen LogP contribution in [-0.4, -0.2) is 39.4 Å². The second kappa shape index (κ2) is 8.95. The first-order chi connectivity index (χ1) is 16.8. The molecule has 0 spiro atoms. The Labute approximate surface area is 200 Å². The summed E-state index contributed by atoms with van der Waals surface area (Å²) >= 11 is 0. The molecule has 2 aromatic heterocycles. The average Bonchev–Trinajstić information content (AvgIpc) is 3.47. The van der Waals surface area contributed by atoms with Crippen molar-refractivity contribution in [3.8, 4) is 11.6 Å². The molecule has 1 aromatic carbocycles. The number of aromatic nitrogens is 3. The lowest BCUT2D eigenvalue weighted by atomic mass is 9.97. The number of ether oxygens (including phenoxy) is 1. The number of nitrogens with one attached hydrogen (secondary N) is 2. The number of fused-ring (bicyclic) bond motifs is 1. The van der Waals surface area contributed by atoms with E-state index in [9.17, 15) is 13.2 Å². The molecule has 0 radical (unpaired) electrons. The van der Waals surface area contributed by atoms with Gasteiger partial charge in [-0.1, -0.05) is 30.4 Å². The van der Waals surface area contributed by atoms with E-state index in [1.54, 1.807) is 30.6 Å². The Balaban J connectivity index is 1.39. The van der Waals surface area contributed by atoms with Gasteiger partial charge in [-0.2, -0.15) is 13.2 Å². The quantitative estimate of drug-likeness (QED) is 0.568. The lowest BCUT2D eigenvalue weighted by molar-refractivity contribution is -0.137. The van der Waals surface area contributed by atoms with E-state index in [2.05, 4.69) is 20.7 Å². The Bertz CT molecular complexity index is 1340. The van der Waals surface area contributed by atoms with Gasteiger partial charge in [0.1, 0.15) is 17.7 Å². The summed E-state index contributed by atoms with van der Waals surface area (Å²) in [6.07, 6.45) is 6.04. The minimum absolute atomic E-state index is 0.131. The molecule has 2 aliphatic rings. The van der Waals surface area contributed by atoms with Crippen LogP contribution in [0.1, 0.15) is 22.5 Å². The molecule has 3 aromatic rings. The van der Waals surface area contributed by atoms with Crippen molar-refractivity contribution in [2.75, 3.05) is 13.7 Å². The molecular weight excluding hydrogens is 457 g/mol. The number of rotatable bonds is 5. The number of hydrogen-bond acceptors (Lipinski definition) is 6. The highest BCUT2D eigenvalue weighted by Gasteiger charge is 2.36. The summed E-state index contributed by atoms with van der Waals surface area (Å²) in [5.41, 5.74) is 5.53. The molecular formula is C25H23F3N6O. The van der Waals surface area contributed by atoms with Gasteiger partial charge < -0.3 is 14.6 Å². The number of hydrazine groups is 1. The fraction of sp³-hybridized carbons (Fsp3) is 0.200. The minimum atomic E-state index is -4.45. The van der Waals surface area contributed by atoms with Crippen LogP contribution in [0.25, 0.3) is 17.3 Å². The molecule has 5 rings (SSSR count). The normalized spacial score (nSPS) is 17.7. The summed E-state index contributed by atoms with van der Waals surface area (Å²) in [5.74, 6) is 1.04. The standard InChI is InChI=1S/C25H23F3N6O/c1-16-14-33(15-29-16)21-11-9-17(30-24(21)35-2)10-12-22-31-23-19(7-5-13-34(23)32-22)18-6-3-4-8-20(18)25(26,27)28/h3-12,14-15,22,31-32H,13H2,1-2H3. The number of alkyl halides is 3. The number of halogens is 3. The Morgan fingerprint density at radius 2 is 2.00 bits per heavy atom. The highest BCUT2D eigenvalue weighted by atomic mass is 19.4. The van der Waals surface area contributed by atoms with Gasteiger partial charge in [-0.05, 0) is 42.8 Å². The van der Waals surface area contributed by atoms with E-state index >= 15 is 0 Å². The first kappa shape index (κ1) is 22.7. The fourth-order valence-corrected chi connectivity index (χ4v) is 4.12. The predicted octanol–water partition coefficient (Wildman–Crippen LogP) is 4.29. The highest BCUT2D eigenvalue weighted by molar-refractivity contribution is 5.79. The molecule has 0 bridgehead atoms. The molecule has 2 N–H and O–H groups in total. The monoisotopic (exact) mass is 480 g/mol. The third kappa shape index (κ3) is 4.52. The van der Waals surface area contributed by atoms with Crippen molar-refractivity contribution in [1.82, 2.24) is 30.3 Å². The van der Waals surface area contributed by atoms with Gasteiger partial charge in [0, 0.05) is 11.8 Å². The minimum Gasteiger partial charge on any atom is -0.479 e. The van der Waals surface area contributed by atoms with Gasteiger partial charge in [0.05, 0.1) is 36.9 Å². The molecule has 35 heavy (non-hydrogen) atoms. The van der Waals surface area contributed by atoms with Crippen molar-refractivity contribution >= 4 is 11.6 Å². The number of hydrogen-bond donors (Lipinski definition) is 2. The molecule has 2 aliphatic heterocycles. The molecule has 0 amide bonds. The molecule has 1 atom stereocenters. The molecule has 1 fully saturated rings. The van der Waals surface area contributed by atoms with Gasteiger partial charge in [-0.15, -0.1) is 0 Å². The van der Waals surface area contributed by atoms with Gasteiger partial charge in [-0.3, -0.25) is 5.01 Å². The number of methoxy groups -OCH3 is 1. The van der Waals surface area contributed by atoms with Gasteiger partial charge in [0.15, 0.2) is 0 Å².